The molecule has 100 valence electrons. The zero-order valence-electron chi connectivity index (χ0n) is 11.6. The number of hydrazine groups is 1. The molecule has 0 aromatic carbocycles. The van der Waals surface area contributed by atoms with E-state index in [1.807, 2.05) is 6.07 Å². The van der Waals surface area contributed by atoms with E-state index in [4.69, 9.17) is 10.8 Å². The maximum atomic E-state index is 5.50. The van der Waals surface area contributed by atoms with Gasteiger partial charge in [-0.25, -0.2) is 15.8 Å². The highest BCUT2D eigenvalue weighted by Crippen LogP contribution is 2.36. The largest absolute Gasteiger partial charge is 0.308 e. The molecule has 2 atom stereocenters. The molecule has 0 radical (unpaired) electrons. The van der Waals surface area contributed by atoms with Crippen molar-refractivity contribution in [1.82, 2.24) is 9.97 Å². The summed E-state index contributed by atoms with van der Waals surface area (Å²) in [5.74, 6) is 9.13. The van der Waals surface area contributed by atoms with Crippen molar-refractivity contribution < 1.29 is 0 Å². The van der Waals surface area contributed by atoms with Gasteiger partial charge in [-0.1, -0.05) is 20.8 Å². The molecule has 4 heteroatoms. The first kappa shape index (κ1) is 13.3. The Hall–Kier alpha value is -1.16. The Morgan fingerprint density at radius 2 is 2.17 bits per heavy atom. The van der Waals surface area contributed by atoms with Crippen molar-refractivity contribution in [3.05, 3.63) is 17.6 Å². The van der Waals surface area contributed by atoms with Crippen molar-refractivity contribution in [2.24, 2.45) is 17.7 Å². The van der Waals surface area contributed by atoms with Gasteiger partial charge in [0.1, 0.15) is 11.6 Å². The van der Waals surface area contributed by atoms with Gasteiger partial charge in [-0.2, -0.15) is 0 Å². The predicted octanol–water partition coefficient (Wildman–Crippen LogP) is 2.86. The van der Waals surface area contributed by atoms with Crippen molar-refractivity contribution in [3.8, 4) is 0 Å². The lowest BCUT2D eigenvalue weighted by Crippen LogP contribution is -2.13. The molecule has 18 heavy (non-hydrogen) atoms. The van der Waals surface area contributed by atoms with E-state index < -0.39 is 0 Å². The molecule has 1 aliphatic rings. The van der Waals surface area contributed by atoms with Crippen LogP contribution in [-0.2, 0) is 6.42 Å². The van der Waals surface area contributed by atoms with Gasteiger partial charge < -0.3 is 5.43 Å². The van der Waals surface area contributed by atoms with Gasteiger partial charge in [0.15, 0.2) is 0 Å². The molecule has 0 aliphatic heterocycles. The van der Waals surface area contributed by atoms with E-state index in [1.165, 1.54) is 19.3 Å². The summed E-state index contributed by atoms with van der Waals surface area (Å²) in [7, 11) is 0. The van der Waals surface area contributed by atoms with Crippen LogP contribution >= 0.6 is 0 Å². The first-order valence-electron chi connectivity index (χ1n) is 6.93. The second kappa shape index (κ2) is 5.65. The normalized spacial score (nSPS) is 23.6. The number of anilines is 1. The quantitative estimate of drug-likeness (QED) is 0.635. The fourth-order valence-electron chi connectivity index (χ4n) is 2.74. The van der Waals surface area contributed by atoms with Crippen molar-refractivity contribution in [1.29, 1.82) is 0 Å². The van der Waals surface area contributed by atoms with E-state index in [9.17, 15) is 0 Å². The van der Waals surface area contributed by atoms with Gasteiger partial charge in [0.05, 0.1) is 0 Å². The van der Waals surface area contributed by atoms with Crippen molar-refractivity contribution in [2.75, 3.05) is 5.43 Å². The molecule has 1 fully saturated rings. The highest BCUT2D eigenvalue weighted by Gasteiger charge is 2.25. The highest BCUT2D eigenvalue weighted by atomic mass is 15.3. The summed E-state index contributed by atoms with van der Waals surface area (Å²) in [5.41, 5.74) is 3.76. The molecule has 1 aromatic heterocycles. The van der Waals surface area contributed by atoms with Crippen LogP contribution in [0.2, 0.25) is 0 Å². The Bertz CT molecular complexity index is 403. The average molecular weight is 248 g/mol. The second-order valence-electron chi connectivity index (χ2n) is 5.96. The Balaban J connectivity index is 2.23. The first-order chi connectivity index (χ1) is 8.58. The van der Waals surface area contributed by atoms with Crippen LogP contribution in [0.3, 0.4) is 0 Å². The molecule has 0 amide bonds. The smallest absolute Gasteiger partial charge is 0.143 e. The topological polar surface area (TPSA) is 63.8 Å². The van der Waals surface area contributed by atoms with E-state index in [0.29, 0.717) is 11.8 Å². The molecule has 1 aromatic rings. The van der Waals surface area contributed by atoms with Crippen LogP contribution in [-0.4, -0.2) is 9.97 Å². The van der Waals surface area contributed by atoms with Gasteiger partial charge >= 0.3 is 0 Å². The van der Waals surface area contributed by atoms with Crippen LogP contribution in [0.1, 0.15) is 57.5 Å². The van der Waals surface area contributed by atoms with E-state index in [2.05, 4.69) is 31.2 Å². The molecular formula is C14H24N4. The third kappa shape index (κ3) is 3.19. The van der Waals surface area contributed by atoms with Crippen LogP contribution in [0.4, 0.5) is 5.82 Å². The number of hydrogen-bond acceptors (Lipinski definition) is 4. The molecular weight excluding hydrogens is 224 g/mol. The minimum atomic E-state index is 0.513. The van der Waals surface area contributed by atoms with Gasteiger partial charge in [0.25, 0.3) is 0 Å². The zero-order valence-corrected chi connectivity index (χ0v) is 11.6. The summed E-state index contributed by atoms with van der Waals surface area (Å²) < 4.78 is 0. The Kier molecular flexibility index (Phi) is 4.17. The summed E-state index contributed by atoms with van der Waals surface area (Å²) in [5, 5.41) is 0. The summed E-state index contributed by atoms with van der Waals surface area (Å²) in [6.45, 7) is 6.71. The summed E-state index contributed by atoms with van der Waals surface area (Å²) >= 11 is 0. The maximum absolute atomic E-state index is 5.50. The van der Waals surface area contributed by atoms with Crippen LogP contribution in [0, 0.1) is 11.8 Å². The Morgan fingerprint density at radius 1 is 1.39 bits per heavy atom. The number of aromatic nitrogens is 2. The number of hydrogen-bond donors (Lipinski definition) is 2. The number of nitrogens with one attached hydrogen (secondary N) is 1. The van der Waals surface area contributed by atoms with E-state index in [-0.39, 0.29) is 0 Å². The van der Waals surface area contributed by atoms with E-state index >= 15 is 0 Å². The highest BCUT2D eigenvalue weighted by molar-refractivity contribution is 5.35. The van der Waals surface area contributed by atoms with Crippen molar-refractivity contribution in [2.45, 2.75) is 52.4 Å². The number of nitrogens with two attached hydrogens (primary N) is 1. The molecule has 0 spiro atoms. The Labute approximate surface area is 109 Å². The van der Waals surface area contributed by atoms with Crippen LogP contribution in [0.15, 0.2) is 6.07 Å². The molecule has 1 heterocycles. The molecule has 1 aliphatic carbocycles. The fraction of sp³-hybridized carbons (Fsp3) is 0.714. The number of rotatable bonds is 4. The fourth-order valence-corrected chi connectivity index (χ4v) is 2.74. The monoisotopic (exact) mass is 248 g/mol. The van der Waals surface area contributed by atoms with E-state index in [0.717, 1.165) is 29.7 Å². The third-order valence-corrected chi connectivity index (χ3v) is 3.62. The summed E-state index contributed by atoms with van der Waals surface area (Å²) in [6.07, 6.45) is 4.67. The number of nitrogens with zero attached hydrogens (tertiary/aromatic N) is 2. The molecule has 1 saturated carbocycles. The Morgan fingerprint density at radius 3 is 2.72 bits per heavy atom. The summed E-state index contributed by atoms with van der Waals surface area (Å²) in [4.78, 5) is 9.26. The average Bonchev–Trinajstić information content (AvgIpc) is 2.74. The molecule has 3 N–H and O–H groups in total. The maximum Gasteiger partial charge on any atom is 0.143 e. The second-order valence-corrected chi connectivity index (χ2v) is 5.96. The van der Waals surface area contributed by atoms with Gasteiger partial charge in [-0.15, -0.1) is 0 Å². The van der Waals surface area contributed by atoms with Crippen molar-refractivity contribution >= 4 is 5.82 Å². The lowest BCUT2D eigenvalue weighted by Gasteiger charge is -2.13. The third-order valence-electron chi connectivity index (χ3n) is 3.62. The first-order valence-corrected chi connectivity index (χ1v) is 6.93. The predicted molar refractivity (Wildman–Crippen MR) is 74.1 cm³/mol. The van der Waals surface area contributed by atoms with Gasteiger partial charge in [-0.3, -0.25) is 0 Å². The minimum absolute atomic E-state index is 0.513. The van der Waals surface area contributed by atoms with Gasteiger partial charge in [-0.05, 0) is 37.5 Å². The van der Waals surface area contributed by atoms with Gasteiger partial charge in [0.2, 0.25) is 0 Å². The van der Waals surface area contributed by atoms with Crippen LogP contribution in [0.5, 0.6) is 0 Å². The van der Waals surface area contributed by atoms with E-state index in [1.54, 1.807) is 0 Å². The standard InChI is InChI=1S/C14H24N4/c1-9(2)6-12-8-13(18-15)17-14(16-12)11-5-4-10(3)7-11/h8-11H,4-7,15H2,1-3H3,(H,16,17,18). The van der Waals surface area contributed by atoms with Crippen molar-refractivity contribution in [3.63, 3.8) is 0 Å². The lowest BCUT2D eigenvalue weighted by atomic mass is 10.0. The molecule has 4 nitrogen and oxygen atoms in total. The summed E-state index contributed by atoms with van der Waals surface area (Å²) in [6, 6.07) is 1.96. The molecule has 0 bridgehead atoms. The minimum Gasteiger partial charge on any atom is -0.308 e. The zero-order chi connectivity index (χ0) is 13.1. The molecule has 0 saturated heterocycles. The SMILES string of the molecule is CC(C)Cc1cc(NN)nc(C2CCC(C)C2)n1. The van der Waals surface area contributed by atoms with Crippen LogP contribution < -0.4 is 11.3 Å². The molecule has 2 unspecified atom stereocenters. The van der Waals surface area contributed by atoms with Crippen LogP contribution in [0.25, 0.3) is 0 Å². The number of nitrogen functional groups attached to an aromatic ring is 1. The van der Waals surface area contributed by atoms with Gasteiger partial charge in [0, 0.05) is 17.7 Å². The lowest BCUT2D eigenvalue weighted by molar-refractivity contribution is 0.578. The molecule has 2 rings (SSSR count).